The lowest BCUT2D eigenvalue weighted by atomic mass is 9.94. The molecule has 0 unspecified atom stereocenters. The second-order valence-corrected chi connectivity index (χ2v) is 12.1. The highest BCUT2D eigenvalue weighted by molar-refractivity contribution is 6.29. The van der Waals surface area contributed by atoms with Crippen LogP contribution in [0.15, 0.2) is 146 Å². The number of nitrogens with zero attached hydrogens (tertiary/aromatic N) is 2. The zero-order chi connectivity index (χ0) is 28.5. The maximum Gasteiger partial charge on any atom is 0.0626 e. The van der Waals surface area contributed by atoms with Gasteiger partial charge in [-0.05, 0) is 64.7 Å². The third-order valence-electron chi connectivity index (χ3n) is 9.97. The minimum Gasteiger partial charge on any atom is -0.308 e. The molecule has 0 aliphatic carbocycles. The van der Waals surface area contributed by atoms with Gasteiger partial charge in [0.15, 0.2) is 0 Å². The molecule has 0 fully saturated rings. The molecule has 202 valence electrons. The molecule has 0 bridgehead atoms. The topological polar surface area (TPSA) is 8.82 Å². The molecule has 0 aliphatic heterocycles. The van der Waals surface area contributed by atoms with Gasteiger partial charge in [-0.3, -0.25) is 0 Å². The minimum absolute atomic E-state index is 1.25. The highest BCUT2D eigenvalue weighted by atomic mass is 14.9. The summed E-state index contributed by atoms with van der Waals surface area (Å²) >= 11 is 0. The Kier molecular flexibility index (Phi) is 4.10. The van der Waals surface area contributed by atoms with Crippen LogP contribution < -0.4 is 0 Å². The summed E-state index contributed by atoms with van der Waals surface area (Å²) < 4.78 is 4.95. The number of hydrogen-bond acceptors (Lipinski definition) is 0. The van der Waals surface area contributed by atoms with Gasteiger partial charge in [0, 0.05) is 43.1 Å². The Morgan fingerprint density at radius 2 is 0.841 bits per heavy atom. The number of fused-ring (bicyclic) bond motifs is 12. The minimum atomic E-state index is 1.25. The lowest BCUT2D eigenvalue weighted by Gasteiger charge is -2.08. The molecule has 0 N–H and O–H groups in total. The molecule has 0 saturated carbocycles. The molecule has 0 spiro atoms. The Morgan fingerprint density at radius 3 is 1.55 bits per heavy atom. The van der Waals surface area contributed by atoms with E-state index in [-0.39, 0.29) is 0 Å². The Labute approximate surface area is 252 Å². The van der Waals surface area contributed by atoms with Crippen molar-refractivity contribution < 1.29 is 0 Å². The first-order valence-electron chi connectivity index (χ1n) is 15.3. The molecule has 0 amide bonds. The fourth-order valence-corrected chi connectivity index (χ4v) is 8.17. The Bertz CT molecular complexity index is 2840. The van der Waals surface area contributed by atoms with Crippen molar-refractivity contribution in [3.8, 4) is 22.3 Å². The lowest BCUT2D eigenvalue weighted by Crippen LogP contribution is -1.82. The largest absolute Gasteiger partial charge is 0.308 e. The summed E-state index contributed by atoms with van der Waals surface area (Å²) in [6, 6.07) is 53.8. The third kappa shape index (κ3) is 2.68. The van der Waals surface area contributed by atoms with Crippen molar-refractivity contribution >= 4 is 76.2 Å². The molecule has 11 aromatic rings. The molecule has 0 saturated heterocycles. The summed E-state index contributed by atoms with van der Waals surface area (Å²) in [6.07, 6.45) is 0. The molecule has 11 rings (SSSR count). The van der Waals surface area contributed by atoms with Gasteiger partial charge in [-0.1, -0.05) is 103 Å². The zero-order valence-electron chi connectivity index (χ0n) is 23.8. The van der Waals surface area contributed by atoms with E-state index in [1.165, 1.54) is 98.4 Å². The Hall–Kier alpha value is -5.86. The highest BCUT2D eigenvalue weighted by Gasteiger charge is 2.23. The summed E-state index contributed by atoms with van der Waals surface area (Å²) in [5, 5.41) is 10.5. The average molecular weight is 557 g/mol. The monoisotopic (exact) mass is 556 g/mol. The molecule has 7 aromatic carbocycles. The molecular weight excluding hydrogens is 532 g/mol. The van der Waals surface area contributed by atoms with Crippen molar-refractivity contribution in [3.05, 3.63) is 146 Å². The maximum absolute atomic E-state index is 2.49. The van der Waals surface area contributed by atoms with E-state index in [1.807, 2.05) is 0 Å². The summed E-state index contributed by atoms with van der Waals surface area (Å²) in [5.41, 5.74) is 12.7. The highest BCUT2D eigenvalue weighted by Crippen LogP contribution is 2.47. The molecule has 44 heavy (non-hydrogen) atoms. The summed E-state index contributed by atoms with van der Waals surface area (Å²) in [4.78, 5) is 0. The summed E-state index contributed by atoms with van der Waals surface area (Å²) in [6.45, 7) is 0. The molecule has 4 aromatic heterocycles. The van der Waals surface area contributed by atoms with E-state index < -0.39 is 0 Å². The fourth-order valence-electron chi connectivity index (χ4n) is 8.17. The molecule has 0 aliphatic rings. The van der Waals surface area contributed by atoms with E-state index in [0.717, 1.165) is 0 Å². The average Bonchev–Trinajstić information content (AvgIpc) is 3.81. The predicted molar refractivity (Wildman–Crippen MR) is 187 cm³/mol. The van der Waals surface area contributed by atoms with Crippen molar-refractivity contribution in [1.82, 2.24) is 8.80 Å². The van der Waals surface area contributed by atoms with Gasteiger partial charge in [0.2, 0.25) is 0 Å². The fraction of sp³-hybridized carbons (Fsp3) is 0. The molecule has 0 atom stereocenters. The number of benzene rings is 7. The van der Waals surface area contributed by atoms with E-state index in [2.05, 4.69) is 154 Å². The van der Waals surface area contributed by atoms with Gasteiger partial charge in [-0.15, -0.1) is 0 Å². The van der Waals surface area contributed by atoms with Crippen molar-refractivity contribution in [2.75, 3.05) is 0 Å². The van der Waals surface area contributed by atoms with Gasteiger partial charge in [0.25, 0.3) is 0 Å². The second-order valence-electron chi connectivity index (χ2n) is 12.1. The van der Waals surface area contributed by atoms with Crippen LogP contribution in [0.3, 0.4) is 0 Å². The first-order valence-corrected chi connectivity index (χ1v) is 15.3. The number of rotatable bonds is 2. The number of hydrogen-bond donors (Lipinski definition) is 0. The Morgan fingerprint density at radius 1 is 0.295 bits per heavy atom. The van der Waals surface area contributed by atoms with Crippen LogP contribution in [0.1, 0.15) is 0 Å². The van der Waals surface area contributed by atoms with Crippen molar-refractivity contribution in [2.24, 2.45) is 0 Å². The quantitative estimate of drug-likeness (QED) is 0.200. The van der Waals surface area contributed by atoms with E-state index >= 15 is 0 Å². The normalized spacial score (nSPS) is 12.5. The van der Waals surface area contributed by atoms with Crippen LogP contribution in [0.5, 0.6) is 0 Å². The standard InChI is InChI=1S/C42H24N2/c1-2-10-25(11-3-1)26-18-21-39-33(22-26)31-20-19-28(40-32-14-6-9-17-38(32)44(39)42(31)40)27-23-34-29-12-4-7-15-36(29)43-37-16-8-5-13-30(37)35(24-27)41(34)43/h1-24H. The number of aromatic nitrogens is 2. The van der Waals surface area contributed by atoms with Crippen molar-refractivity contribution in [3.63, 3.8) is 0 Å². The van der Waals surface area contributed by atoms with Crippen LogP contribution in [0.25, 0.3) is 98.4 Å². The van der Waals surface area contributed by atoms with Gasteiger partial charge in [0.05, 0.1) is 33.1 Å². The van der Waals surface area contributed by atoms with Crippen LogP contribution in [0.2, 0.25) is 0 Å². The van der Waals surface area contributed by atoms with Crippen LogP contribution >= 0.6 is 0 Å². The Balaban J connectivity index is 1.29. The van der Waals surface area contributed by atoms with E-state index in [1.54, 1.807) is 0 Å². The lowest BCUT2D eigenvalue weighted by molar-refractivity contribution is 1.37. The SMILES string of the molecule is c1ccc(-c2ccc3c(c2)c2ccc(-c4cc5c6ccccc6n6c7ccccc7c(c4)c56)c4c5ccccc5n3c24)cc1. The van der Waals surface area contributed by atoms with Crippen LogP contribution in [-0.4, -0.2) is 8.80 Å². The molecule has 2 heteroatoms. The van der Waals surface area contributed by atoms with Gasteiger partial charge < -0.3 is 8.80 Å². The van der Waals surface area contributed by atoms with Crippen LogP contribution in [0.4, 0.5) is 0 Å². The van der Waals surface area contributed by atoms with Crippen LogP contribution in [-0.2, 0) is 0 Å². The van der Waals surface area contributed by atoms with Gasteiger partial charge in [-0.25, -0.2) is 0 Å². The van der Waals surface area contributed by atoms with Crippen molar-refractivity contribution in [2.45, 2.75) is 0 Å². The van der Waals surface area contributed by atoms with E-state index in [4.69, 9.17) is 0 Å². The maximum atomic E-state index is 2.49. The predicted octanol–water partition coefficient (Wildman–Crippen LogP) is 11.3. The zero-order valence-corrected chi connectivity index (χ0v) is 23.8. The second kappa shape index (κ2) is 7.94. The van der Waals surface area contributed by atoms with Crippen molar-refractivity contribution in [1.29, 1.82) is 0 Å². The molecule has 0 radical (unpaired) electrons. The smallest absolute Gasteiger partial charge is 0.0626 e. The number of para-hydroxylation sites is 3. The van der Waals surface area contributed by atoms with Gasteiger partial charge in [-0.2, -0.15) is 0 Å². The summed E-state index contributed by atoms with van der Waals surface area (Å²) in [5.74, 6) is 0. The van der Waals surface area contributed by atoms with Gasteiger partial charge >= 0.3 is 0 Å². The third-order valence-corrected chi connectivity index (χ3v) is 9.97. The van der Waals surface area contributed by atoms with E-state index in [0.29, 0.717) is 0 Å². The van der Waals surface area contributed by atoms with E-state index in [9.17, 15) is 0 Å². The van der Waals surface area contributed by atoms with Gasteiger partial charge in [0.1, 0.15) is 0 Å². The van der Waals surface area contributed by atoms with Crippen LogP contribution in [0, 0.1) is 0 Å². The molecule has 4 heterocycles. The molecular formula is C42H24N2. The first-order chi connectivity index (χ1) is 21.8. The first kappa shape index (κ1) is 22.7. The molecule has 2 nitrogen and oxygen atoms in total. The summed E-state index contributed by atoms with van der Waals surface area (Å²) in [7, 11) is 0.